The Morgan fingerprint density at radius 1 is 0.964 bits per heavy atom. The quantitative estimate of drug-likeness (QED) is 0.410. The summed E-state index contributed by atoms with van der Waals surface area (Å²) in [6.45, 7) is 3.58. The van der Waals surface area contributed by atoms with E-state index in [2.05, 4.69) is 22.0 Å². The molecule has 0 spiro atoms. The Hall–Kier alpha value is -2.57. The van der Waals surface area contributed by atoms with Gasteiger partial charge in [0.05, 0.1) is 10.6 Å². The molecule has 4 rings (SSSR count). The fraction of sp³-hybridized carbons (Fsp3) is 0.273. The van der Waals surface area contributed by atoms with E-state index in [4.69, 9.17) is 0 Å². The molecule has 1 N–H and O–H groups in total. The third-order valence-electron chi connectivity index (χ3n) is 5.21. The first-order valence-electron chi connectivity index (χ1n) is 9.42. The van der Waals surface area contributed by atoms with Crippen LogP contribution in [0, 0.1) is 0 Å². The van der Waals surface area contributed by atoms with Crippen molar-refractivity contribution in [3.8, 4) is 0 Å². The van der Waals surface area contributed by atoms with E-state index in [1.165, 1.54) is 17.3 Å². The van der Waals surface area contributed by atoms with Crippen LogP contribution in [0.2, 0.25) is 0 Å². The second-order valence-electron chi connectivity index (χ2n) is 6.96. The Bertz CT molecular complexity index is 991. The molecule has 5 nitrogen and oxygen atoms in total. The second kappa shape index (κ2) is 8.20. The molecule has 0 radical (unpaired) electrons. The van der Waals surface area contributed by atoms with Crippen molar-refractivity contribution in [2.75, 3.05) is 32.4 Å². The van der Waals surface area contributed by atoms with E-state index in [0.717, 1.165) is 35.6 Å². The molecule has 1 aliphatic heterocycles. The third kappa shape index (κ3) is 3.70. The first kappa shape index (κ1) is 18.8. The fourth-order valence-corrected chi connectivity index (χ4v) is 4.32. The third-order valence-corrected chi connectivity index (χ3v) is 5.92. The van der Waals surface area contributed by atoms with Gasteiger partial charge in [-0.15, -0.1) is 11.8 Å². The Morgan fingerprint density at radius 3 is 2.36 bits per heavy atom. The van der Waals surface area contributed by atoms with Gasteiger partial charge >= 0.3 is 0 Å². The fourth-order valence-electron chi connectivity index (χ4n) is 3.70. The standard InChI is InChI=1S/C22H23N3O2S/c1-28-21-19(17-9-5-6-10-18(17)23-21)20(26)22(27)25-13-11-24(12-14-25)15-16-7-3-2-4-8-16/h2-10,23H,11-15H2,1H3. The maximum atomic E-state index is 13.0. The molecule has 144 valence electrons. The monoisotopic (exact) mass is 393 g/mol. The van der Waals surface area contributed by atoms with Crippen molar-refractivity contribution in [3.63, 3.8) is 0 Å². The van der Waals surface area contributed by atoms with Crippen LogP contribution in [0.25, 0.3) is 10.9 Å². The number of piperazine rings is 1. The average molecular weight is 394 g/mol. The van der Waals surface area contributed by atoms with Crippen LogP contribution in [0.4, 0.5) is 0 Å². The van der Waals surface area contributed by atoms with Gasteiger partial charge in [0.25, 0.3) is 11.7 Å². The second-order valence-corrected chi connectivity index (χ2v) is 7.78. The van der Waals surface area contributed by atoms with Crippen LogP contribution in [-0.4, -0.2) is 58.9 Å². The molecule has 1 saturated heterocycles. The van der Waals surface area contributed by atoms with Gasteiger partial charge in [-0.1, -0.05) is 48.5 Å². The van der Waals surface area contributed by atoms with Crippen LogP contribution in [-0.2, 0) is 11.3 Å². The first-order chi connectivity index (χ1) is 13.7. The van der Waals surface area contributed by atoms with Crippen molar-refractivity contribution >= 4 is 34.4 Å². The summed E-state index contributed by atoms with van der Waals surface area (Å²) < 4.78 is 0. The zero-order valence-electron chi connectivity index (χ0n) is 15.9. The molecular formula is C22H23N3O2S. The number of aromatic amines is 1. The number of aromatic nitrogens is 1. The lowest BCUT2D eigenvalue weighted by molar-refractivity contribution is -0.128. The number of rotatable bonds is 5. The van der Waals surface area contributed by atoms with Crippen LogP contribution in [0.5, 0.6) is 0 Å². The van der Waals surface area contributed by atoms with Crippen molar-refractivity contribution in [3.05, 3.63) is 65.7 Å². The number of thioether (sulfide) groups is 1. The molecule has 2 heterocycles. The number of nitrogens with one attached hydrogen (secondary N) is 1. The molecule has 1 aromatic heterocycles. The highest BCUT2D eigenvalue weighted by Crippen LogP contribution is 2.29. The molecule has 2 aromatic carbocycles. The number of ketones is 1. The Balaban J connectivity index is 1.45. The van der Waals surface area contributed by atoms with E-state index < -0.39 is 11.7 Å². The van der Waals surface area contributed by atoms with Gasteiger partial charge in [-0.3, -0.25) is 14.5 Å². The molecule has 6 heteroatoms. The number of para-hydroxylation sites is 1. The van der Waals surface area contributed by atoms with Gasteiger partial charge in [0.1, 0.15) is 0 Å². The summed E-state index contributed by atoms with van der Waals surface area (Å²) in [7, 11) is 0. The molecule has 0 unspecified atom stereocenters. The number of carbonyl (C=O) groups is 2. The number of hydrogen-bond acceptors (Lipinski definition) is 4. The normalized spacial score (nSPS) is 15.1. The number of Topliss-reactive ketones (excluding diaryl/α,β-unsaturated/α-hetero) is 1. The summed E-state index contributed by atoms with van der Waals surface area (Å²) >= 11 is 1.46. The minimum absolute atomic E-state index is 0.403. The maximum absolute atomic E-state index is 13.0. The van der Waals surface area contributed by atoms with Gasteiger partial charge in [-0.25, -0.2) is 0 Å². The average Bonchev–Trinajstić information content (AvgIpc) is 3.12. The zero-order valence-corrected chi connectivity index (χ0v) is 16.7. The Kier molecular flexibility index (Phi) is 5.50. The number of amides is 1. The van der Waals surface area contributed by atoms with Crippen LogP contribution >= 0.6 is 11.8 Å². The smallest absolute Gasteiger partial charge is 0.295 e. The minimum Gasteiger partial charge on any atom is -0.349 e. The SMILES string of the molecule is CSc1[nH]c2ccccc2c1C(=O)C(=O)N1CCN(Cc2ccccc2)CC1. The number of benzene rings is 2. The summed E-state index contributed by atoms with van der Waals surface area (Å²) in [6, 6.07) is 18.0. The largest absolute Gasteiger partial charge is 0.349 e. The van der Waals surface area contributed by atoms with E-state index >= 15 is 0 Å². The van der Waals surface area contributed by atoms with Gasteiger partial charge < -0.3 is 9.88 Å². The van der Waals surface area contributed by atoms with E-state index in [0.29, 0.717) is 18.7 Å². The summed E-state index contributed by atoms with van der Waals surface area (Å²) in [5, 5.41) is 1.56. The van der Waals surface area contributed by atoms with Gasteiger partial charge in [0.2, 0.25) is 0 Å². The predicted molar refractivity (Wildman–Crippen MR) is 113 cm³/mol. The van der Waals surface area contributed by atoms with E-state index in [1.54, 1.807) is 4.90 Å². The van der Waals surface area contributed by atoms with Crippen LogP contribution in [0.3, 0.4) is 0 Å². The molecule has 3 aromatic rings. The van der Waals surface area contributed by atoms with Gasteiger partial charge in [-0.2, -0.15) is 0 Å². The topological polar surface area (TPSA) is 56.4 Å². The highest BCUT2D eigenvalue weighted by Gasteiger charge is 2.30. The summed E-state index contributed by atoms with van der Waals surface area (Å²) in [5.74, 6) is -0.822. The van der Waals surface area contributed by atoms with Gasteiger partial charge in [0, 0.05) is 43.6 Å². The lowest BCUT2D eigenvalue weighted by Crippen LogP contribution is -2.50. The number of H-pyrrole nitrogens is 1. The molecule has 0 saturated carbocycles. The molecular weight excluding hydrogens is 370 g/mol. The lowest BCUT2D eigenvalue weighted by atomic mass is 10.1. The number of carbonyl (C=O) groups excluding carboxylic acids is 2. The van der Waals surface area contributed by atoms with Crippen molar-refractivity contribution in [1.82, 2.24) is 14.8 Å². The molecule has 1 aliphatic rings. The molecule has 28 heavy (non-hydrogen) atoms. The molecule has 0 aliphatic carbocycles. The van der Waals surface area contributed by atoms with Gasteiger partial charge in [0.15, 0.2) is 0 Å². The van der Waals surface area contributed by atoms with Gasteiger partial charge in [-0.05, 0) is 17.9 Å². The summed E-state index contributed by atoms with van der Waals surface area (Å²) in [6.07, 6.45) is 1.91. The van der Waals surface area contributed by atoms with Crippen molar-refractivity contribution in [1.29, 1.82) is 0 Å². The summed E-state index contributed by atoms with van der Waals surface area (Å²) in [5.41, 5.74) is 2.65. The highest BCUT2D eigenvalue weighted by molar-refractivity contribution is 7.98. The lowest BCUT2D eigenvalue weighted by Gasteiger charge is -2.34. The number of fused-ring (bicyclic) bond motifs is 1. The molecule has 1 amide bonds. The highest BCUT2D eigenvalue weighted by atomic mass is 32.2. The van der Waals surface area contributed by atoms with Crippen molar-refractivity contribution < 1.29 is 9.59 Å². The van der Waals surface area contributed by atoms with E-state index in [9.17, 15) is 9.59 Å². The number of nitrogens with zero attached hydrogens (tertiary/aromatic N) is 2. The van der Waals surface area contributed by atoms with E-state index in [-0.39, 0.29) is 0 Å². The number of hydrogen-bond donors (Lipinski definition) is 1. The molecule has 0 bridgehead atoms. The zero-order chi connectivity index (χ0) is 19.5. The Morgan fingerprint density at radius 2 is 1.64 bits per heavy atom. The van der Waals surface area contributed by atoms with E-state index in [1.807, 2.05) is 48.7 Å². The minimum atomic E-state index is -0.418. The summed E-state index contributed by atoms with van der Waals surface area (Å²) in [4.78, 5) is 33.2. The first-order valence-corrected chi connectivity index (χ1v) is 10.6. The molecule has 0 atom stereocenters. The Labute approximate surface area is 168 Å². The molecule has 1 fully saturated rings. The van der Waals surface area contributed by atoms with Crippen LogP contribution < -0.4 is 0 Å². The van der Waals surface area contributed by atoms with Crippen molar-refractivity contribution in [2.45, 2.75) is 11.6 Å². The van der Waals surface area contributed by atoms with Crippen LogP contribution in [0.15, 0.2) is 59.6 Å². The van der Waals surface area contributed by atoms with Crippen LogP contribution in [0.1, 0.15) is 15.9 Å². The predicted octanol–water partition coefficient (Wildman–Crippen LogP) is 3.42. The van der Waals surface area contributed by atoms with Crippen molar-refractivity contribution in [2.24, 2.45) is 0 Å². The maximum Gasteiger partial charge on any atom is 0.295 e.